The van der Waals surface area contributed by atoms with Crippen molar-refractivity contribution in [2.75, 3.05) is 25.2 Å². The second kappa shape index (κ2) is 6.33. The molecule has 1 N–H and O–H groups in total. The van der Waals surface area contributed by atoms with E-state index in [-0.39, 0.29) is 6.04 Å². The van der Waals surface area contributed by atoms with Crippen molar-refractivity contribution in [2.24, 2.45) is 0 Å². The summed E-state index contributed by atoms with van der Waals surface area (Å²) in [5, 5.41) is 3.63. The summed E-state index contributed by atoms with van der Waals surface area (Å²) in [6, 6.07) is 4.73. The molecule has 1 saturated heterocycles. The number of hydrogen-bond acceptors (Lipinski definition) is 4. The van der Waals surface area contributed by atoms with Crippen LogP contribution < -0.4 is 5.32 Å². The van der Waals surface area contributed by atoms with Crippen LogP contribution >= 0.6 is 11.8 Å². The Kier molecular flexibility index (Phi) is 4.75. The van der Waals surface area contributed by atoms with E-state index >= 15 is 0 Å². The van der Waals surface area contributed by atoms with Crippen LogP contribution in [0.5, 0.6) is 0 Å². The molecule has 16 heavy (non-hydrogen) atoms. The van der Waals surface area contributed by atoms with E-state index in [1.54, 1.807) is 13.4 Å². The minimum Gasteiger partial charge on any atom is -0.468 e. The van der Waals surface area contributed by atoms with Gasteiger partial charge in [-0.3, -0.25) is 0 Å². The lowest BCUT2D eigenvalue weighted by Crippen LogP contribution is -2.37. The molecule has 0 unspecified atom stereocenters. The first-order valence-corrected chi connectivity index (χ1v) is 6.91. The molecule has 4 heteroatoms. The molecule has 1 fully saturated rings. The fraction of sp³-hybridized carbons (Fsp3) is 0.667. The van der Waals surface area contributed by atoms with Crippen molar-refractivity contribution < 1.29 is 9.15 Å². The zero-order valence-electron chi connectivity index (χ0n) is 9.65. The molecule has 3 nitrogen and oxygen atoms in total. The lowest BCUT2D eigenvalue weighted by molar-refractivity contribution is 0.149. The summed E-state index contributed by atoms with van der Waals surface area (Å²) >= 11 is 2.04. The predicted molar refractivity (Wildman–Crippen MR) is 66.8 cm³/mol. The molecule has 1 aromatic rings. The van der Waals surface area contributed by atoms with E-state index in [1.165, 1.54) is 24.3 Å². The van der Waals surface area contributed by atoms with E-state index < -0.39 is 0 Å². The fourth-order valence-electron chi connectivity index (χ4n) is 2.02. The number of thioether (sulfide) groups is 1. The Morgan fingerprint density at radius 1 is 1.56 bits per heavy atom. The van der Waals surface area contributed by atoms with Crippen LogP contribution in [0, 0.1) is 0 Å². The Labute approximate surface area is 101 Å². The summed E-state index contributed by atoms with van der Waals surface area (Å²) in [5.41, 5.74) is 0. The fourth-order valence-corrected chi connectivity index (χ4v) is 3.12. The van der Waals surface area contributed by atoms with Gasteiger partial charge in [-0.1, -0.05) is 0 Å². The van der Waals surface area contributed by atoms with E-state index in [0.717, 1.165) is 5.76 Å². The van der Waals surface area contributed by atoms with Gasteiger partial charge in [-0.05, 0) is 36.5 Å². The van der Waals surface area contributed by atoms with Gasteiger partial charge in [0.15, 0.2) is 0 Å². The molecule has 90 valence electrons. The lowest BCUT2D eigenvalue weighted by atomic mass is 10.1. The van der Waals surface area contributed by atoms with Crippen molar-refractivity contribution >= 4 is 11.8 Å². The first-order chi connectivity index (χ1) is 7.90. The zero-order valence-corrected chi connectivity index (χ0v) is 10.5. The number of hydrogen-bond donors (Lipinski definition) is 1. The van der Waals surface area contributed by atoms with Crippen LogP contribution in [0.1, 0.15) is 24.6 Å². The second-order valence-corrected chi connectivity index (χ2v) is 5.30. The highest BCUT2D eigenvalue weighted by atomic mass is 32.2. The van der Waals surface area contributed by atoms with Gasteiger partial charge in [-0.25, -0.2) is 0 Å². The van der Waals surface area contributed by atoms with Gasteiger partial charge in [0, 0.05) is 13.2 Å². The lowest BCUT2D eigenvalue weighted by Gasteiger charge is -2.27. The highest BCUT2D eigenvalue weighted by molar-refractivity contribution is 7.99. The molecule has 1 atom stereocenters. The Hall–Kier alpha value is -0.450. The molecule has 0 amide bonds. The molecule has 0 spiro atoms. The van der Waals surface area contributed by atoms with E-state index in [1.807, 2.05) is 23.9 Å². The second-order valence-electron chi connectivity index (χ2n) is 4.08. The average Bonchev–Trinajstić information content (AvgIpc) is 2.83. The maximum absolute atomic E-state index is 5.44. The van der Waals surface area contributed by atoms with E-state index in [4.69, 9.17) is 9.15 Å². The molecule has 1 aliphatic heterocycles. The molecule has 0 bridgehead atoms. The van der Waals surface area contributed by atoms with Crippen LogP contribution in [0.4, 0.5) is 0 Å². The quantitative estimate of drug-likeness (QED) is 0.858. The smallest absolute Gasteiger partial charge is 0.123 e. The number of furan rings is 1. The number of rotatable bonds is 5. The van der Waals surface area contributed by atoms with E-state index in [0.29, 0.717) is 12.6 Å². The summed E-state index contributed by atoms with van der Waals surface area (Å²) in [7, 11) is 1.73. The number of ether oxygens (including phenoxy) is 1. The number of methoxy groups -OCH3 is 1. The van der Waals surface area contributed by atoms with Crippen molar-refractivity contribution in [3.8, 4) is 0 Å². The Bertz CT molecular complexity index is 283. The third kappa shape index (κ3) is 3.27. The predicted octanol–water partition coefficient (Wildman–Crippen LogP) is 2.45. The van der Waals surface area contributed by atoms with Crippen LogP contribution in [0.2, 0.25) is 0 Å². The molecule has 2 rings (SSSR count). The Morgan fingerprint density at radius 2 is 2.38 bits per heavy atom. The van der Waals surface area contributed by atoms with Gasteiger partial charge in [0.25, 0.3) is 0 Å². The molecule has 0 aliphatic carbocycles. The minimum atomic E-state index is 0.188. The van der Waals surface area contributed by atoms with E-state index in [9.17, 15) is 0 Å². The Balaban J connectivity index is 1.91. The van der Waals surface area contributed by atoms with Crippen molar-refractivity contribution in [1.29, 1.82) is 0 Å². The number of nitrogens with one attached hydrogen (secondary N) is 1. The maximum atomic E-state index is 5.44. The van der Waals surface area contributed by atoms with Crippen LogP contribution in [-0.2, 0) is 4.74 Å². The minimum absolute atomic E-state index is 0.188. The third-order valence-electron chi connectivity index (χ3n) is 2.88. The summed E-state index contributed by atoms with van der Waals surface area (Å²) in [6.07, 6.45) is 4.20. The maximum Gasteiger partial charge on any atom is 0.123 e. The monoisotopic (exact) mass is 241 g/mol. The van der Waals surface area contributed by atoms with Gasteiger partial charge < -0.3 is 14.5 Å². The first kappa shape index (κ1) is 12.0. The first-order valence-electron chi connectivity index (χ1n) is 5.76. The van der Waals surface area contributed by atoms with Gasteiger partial charge in [0.05, 0.1) is 18.9 Å². The van der Waals surface area contributed by atoms with E-state index in [2.05, 4.69) is 5.32 Å². The summed E-state index contributed by atoms with van der Waals surface area (Å²) in [5.74, 6) is 3.49. The molecular formula is C12H19NO2S. The summed E-state index contributed by atoms with van der Waals surface area (Å²) in [6.45, 7) is 0.664. The average molecular weight is 241 g/mol. The molecule has 0 saturated carbocycles. The van der Waals surface area contributed by atoms with Crippen molar-refractivity contribution in [3.05, 3.63) is 24.2 Å². The van der Waals surface area contributed by atoms with Gasteiger partial charge >= 0.3 is 0 Å². The topological polar surface area (TPSA) is 34.4 Å². The highest BCUT2D eigenvalue weighted by Crippen LogP contribution is 2.21. The Morgan fingerprint density at radius 3 is 3.00 bits per heavy atom. The highest BCUT2D eigenvalue weighted by Gasteiger charge is 2.20. The normalized spacial score (nSPS) is 19.8. The van der Waals surface area contributed by atoms with Crippen LogP contribution in [0.3, 0.4) is 0 Å². The molecule has 2 heterocycles. The third-order valence-corrected chi connectivity index (χ3v) is 3.93. The van der Waals surface area contributed by atoms with Gasteiger partial charge in [0.2, 0.25) is 0 Å². The van der Waals surface area contributed by atoms with Crippen LogP contribution in [-0.4, -0.2) is 31.3 Å². The van der Waals surface area contributed by atoms with Gasteiger partial charge in [0.1, 0.15) is 5.76 Å². The van der Waals surface area contributed by atoms with Crippen molar-refractivity contribution in [1.82, 2.24) is 5.32 Å². The summed E-state index contributed by atoms with van der Waals surface area (Å²) in [4.78, 5) is 0. The molecule has 1 aliphatic rings. The SMILES string of the molecule is COC[C@@H](NC1CCSCC1)c1ccco1. The van der Waals surface area contributed by atoms with Gasteiger partial charge in [-0.2, -0.15) is 11.8 Å². The van der Waals surface area contributed by atoms with Crippen LogP contribution in [0.25, 0.3) is 0 Å². The summed E-state index contributed by atoms with van der Waals surface area (Å²) < 4.78 is 10.7. The molecule has 0 radical (unpaired) electrons. The zero-order chi connectivity index (χ0) is 11.2. The molecule has 0 aromatic carbocycles. The largest absolute Gasteiger partial charge is 0.468 e. The van der Waals surface area contributed by atoms with Crippen molar-refractivity contribution in [3.63, 3.8) is 0 Å². The van der Waals surface area contributed by atoms with Gasteiger partial charge in [-0.15, -0.1) is 0 Å². The standard InChI is InChI=1S/C12H19NO2S/c1-14-9-11(12-3-2-6-15-12)13-10-4-7-16-8-5-10/h2-3,6,10-11,13H,4-5,7-9H2,1H3/t11-/m1/s1. The van der Waals surface area contributed by atoms with Crippen molar-refractivity contribution in [2.45, 2.75) is 24.9 Å². The molecular weight excluding hydrogens is 222 g/mol. The van der Waals surface area contributed by atoms with Crippen LogP contribution in [0.15, 0.2) is 22.8 Å². The molecule has 1 aromatic heterocycles.